The van der Waals surface area contributed by atoms with E-state index in [4.69, 9.17) is 20.4 Å². The Bertz CT molecular complexity index is 1530. The standard InChI is InChI=1S/C27H26N6O2S/c1-16(22-10-25(18-11-30-33(3)12-18)31-24-7-5-4-6-20(22)24)26-21(27(28)34)8-9-23(32-26)17(2)35-13-19-14-36-15-29-19/h4-12,14-17H,13H2,1-3H3,(H2,28,34)/t16-,17?/m1/s1. The molecule has 0 saturated carbocycles. The van der Waals surface area contributed by atoms with Gasteiger partial charge < -0.3 is 10.5 Å². The number of para-hydroxylation sites is 1. The summed E-state index contributed by atoms with van der Waals surface area (Å²) in [6, 6.07) is 13.6. The van der Waals surface area contributed by atoms with E-state index < -0.39 is 5.91 Å². The van der Waals surface area contributed by atoms with Crippen molar-refractivity contribution in [3.63, 3.8) is 0 Å². The Balaban J connectivity index is 1.57. The number of primary amides is 1. The van der Waals surface area contributed by atoms with Gasteiger partial charge in [-0.05, 0) is 36.8 Å². The summed E-state index contributed by atoms with van der Waals surface area (Å²) in [7, 11) is 1.88. The average Bonchev–Trinajstić information content (AvgIpc) is 3.57. The monoisotopic (exact) mass is 498 g/mol. The first-order valence-electron chi connectivity index (χ1n) is 11.6. The van der Waals surface area contributed by atoms with Crippen LogP contribution in [0.2, 0.25) is 0 Å². The number of carbonyl (C=O) groups excluding carboxylic acids is 1. The molecular weight excluding hydrogens is 472 g/mol. The molecule has 1 aromatic carbocycles. The first-order chi connectivity index (χ1) is 17.4. The van der Waals surface area contributed by atoms with Gasteiger partial charge >= 0.3 is 0 Å². The summed E-state index contributed by atoms with van der Waals surface area (Å²) in [6.07, 6.45) is 3.43. The molecule has 1 unspecified atom stereocenters. The molecule has 0 bridgehead atoms. The summed E-state index contributed by atoms with van der Waals surface area (Å²) >= 11 is 1.53. The molecule has 5 rings (SSSR count). The Morgan fingerprint density at radius 1 is 1.17 bits per heavy atom. The van der Waals surface area contributed by atoms with Crippen molar-refractivity contribution in [3.8, 4) is 11.3 Å². The van der Waals surface area contributed by atoms with Crippen LogP contribution in [-0.4, -0.2) is 30.6 Å². The van der Waals surface area contributed by atoms with Gasteiger partial charge in [0.05, 0.1) is 58.3 Å². The van der Waals surface area contributed by atoms with Gasteiger partial charge in [0.2, 0.25) is 0 Å². The number of aromatic nitrogens is 5. The summed E-state index contributed by atoms with van der Waals surface area (Å²) < 4.78 is 7.76. The second kappa shape index (κ2) is 9.96. The van der Waals surface area contributed by atoms with Crippen molar-refractivity contribution in [2.75, 3.05) is 0 Å². The zero-order chi connectivity index (χ0) is 25.2. The summed E-state index contributed by atoms with van der Waals surface area (Å²) in [5.41, 5.74) is 13.7. The van der Waals surface area contributed by atoms with Crippen LogP contribution in [0.4, 0.5) is 0 Å². The number of nitrogens with two attached hydrogens (primary N) is 1. The molecule has 182 valence electrons. The minimum Gasteiger partial charge on any atom is -0.366 e. The largest absolute Gasteiger partial charge is 0.366 e. The number of ether oxygens (including phenoxy) is 1. The smallest absolute Gasteiger partial charge is 0.250 e. The quantitative estimate of drug-likeness (QED) is 0.322. The Hall–Kier alpha value is -3.95. The molecule has 2 N–H and O–H groups in total. The zero-order valence-corrected chi connectivity index (χ0v) is 21.1. The van der Waals surface area contributed by atoms with E-state index in [1.54, 1.807) is 28.5 Å². The van der Waals surface area contributed by atoms with Crippen LogP contribution < -0.4 is 5.73 Å². The number of pyridine rings is 2. The highest BCUT2D eigenvalue weighted by atomic mass is 32.1. The molecule has 0 saturated heterocycles. The predicted octanol–water partition coefficient (Wildman–Crippen LogP) is 5.02. The summed E-state index contributed by atoms with van der Waals surface area (Å²) in [6.45, 7) is 4.36. The summed E-state index contributed by atoms with van der Waals surface area (Å²) in [5.74, 6) is -0.751. The van der Waals surface area contributed by atoms with E-state index in [1.807, 2.05) is 62.8 Å². The van der Waals surface area contributed by atoms with Gasteiger partial charge in [-0.3, -0.25) is 14.5 Å². The molecule has 36 heavy (non-hydrogen) atoms. The van der Waals surface area contributed by atoms with Crippen LogP contribution in [0.25, 0.3) is 22.2 Å². The number of amides is 1. The number of rotatable bonds is 8. The molecule has 0 spiro atoms. The van der Waals surface area contributed by atoms with Crippen molar-refractivity contribution in [2.24, 2.45) is 12.8 Å². The van der Waals surface area contributed by atoms with E-state index in [2.05, 4.69) is 10.1 Å². The van der Waals surface area contributed by atoms with Crippen molar-refractivity contribution >= 4 is 28.1 Å². The lowest BCUT2D eigenvalue weighted by molar-refractivity contribution is 0.0479. The van der Waals surface area contributed by atoms with E-state index in [-0.39, 0.29) is 12.0 Å². The van der Waals surface area contributed by atoms with Crippen LogP contribution in [0.5, 0.6) is 0 Å². The number of carbonyl (C=O) groups is 1. The van der Waals surface area contributed by atoms with Crippen molar-refractivity contribution in [3.05, 3.63) is 94.0 Å². The number of nitrogens with zero attached hydrogens (tertiary/aromatic N) is 5. The van der Waals surface area contributed by atoms with Gasteiger partial charge in [0, 0.05) is 35.5 Å². The lowest BCUT2D eigenvalue weighted by Crippen LogP contribution is -2.18. The highest BCUT2D eigenvalue weighted by molar-refractivity contribution is 7.07. The lowest BCUT2D eigenvalue weighted by atomic mass is 9.90. The van der Waals surface area contributed by atoms with E-state index in [1.165, 1.54) is 11.3 Å². The van der Waals surface area contributed by atoms with Crippen molar-refractivity contribution in [1.29, 1.82) is 0 Å². The van der Waals surface area contributed by atoms with E-state index >= 15 is 0 Å². The fraction of sp³-hybridized carbons (Fsp3) is 0.222. The number of thiazole rings is 1. The normalized spacial score (nSPS) is 13.1. The highest BCUT2D eigenvalue weighted by Crippen LogP contribution is 2.34. The van der Waals surface area contributed by atoms with Crippen LogP contribution in [0.1, 0.15) is 58.9 Å². The molecule has 0 aliphatic heterocycles. The van der Waals surface area contributed by atoms with Crippen molar-refractivity contribution in [1.82, 2.24) is 24.7 Å². The molecule has 0 radical (unpaired) electrons. The molecule has 1 amide bonds. The first kappa shape index (κ1) is 23.8. The molecule has 5 aromatic rings. The van der Waals surface area contributed by atoms with Gasteiger partial charge in [-0.25, -0.2) is 9.97 Å². The van der Waals surface area contributed by atoms with Gasteiger partial charge in [0.1, 0.15) is 0 Å². The van der Waals surface area contributed by atoms with E-state index in [9.17, 15) is 4.79 Å². The number of fused-ring (bicyclic) bond motifs is 1. The van der Waals surface area contributed by atoms with Gasteiger partial charge in [0.25, 0.3) is 5.91 Å². The zero-order valence-electron chi connectivity index (χ0n) is 20.3. The molecular formula is C27H26N6O2S. The Morgan fingerprint density at radius 2 is 2.00 bits per heavy atom. The maximum atomic E-state index is 12.4. The first-order valence-corrected chi connectivity index (χ1v) is 12.5. The summed E-state index contributed by atoms with van der Waals surface area (Å²) in [5, 5.41) is 7.25. The minimum atomic E-state index is -0.516. The maximum absolute atomic E-state index is 12.4. The van der Waals surface area contributed by atoms with E-state index in [0.717, 1.165) is 39.1 Å². The SMILES string of the molecule is CC(OCc1cscn1)c1ccc(C(N)=O)c([C@H](C)c2cc(-c3cnn(C)c3)nc3ccccc23)n1. The molecule has 0 fully saturated rings. The number of hydrogen-bond acceptors (Lipinski definition) is 7. The third-order valence-corrected chi connectivity index (χ3v) is 6.85. The van der Waals surface area contributed by atoms with Gasteiger partial charge in [0.15, 0.2) is 0 Å². The highest BCUT2D eigenvalue weighted by Gasteiger charge is 2.23. The third kappa shape index (κ3) is 4.75. The molecule has 4 aromatic heterocycles. The molecule has 0 aliphatic carbocycles. The molecule has 9 heteroatoms. The fourth-order valence-corrected chi connectivity index (χ4v) is 4.81. The van der Waals surface area contributed by atoms with Gasteiger partial charge in [-0.2, -0.15) is 5.10 Å². The molecule has 2 atom stereocenters. The maximum Gasteiger partial charge on any atom is 0.250 e. The Labute approximate surface area is 212 Å². The van der Waals surface area contributed by atoms with Crippen LogP contribution in [0, 0.1) is 0 Å². The van der Waals surface area contributed by atoms with Gasteiger partial charge in [-0.15, -0.1) is 11.3 Å². The molecule has 4 heterocycles. The lowest BCUT2D eigenvalue weighted by Gasteiger charge is -2.20. The number of benzene rings is 1. The number of hydrogen-bond donors (Lipinski definition) is 1. The van der Waals surface area contributed by atoms with Gasteiger partial charge in [-0.1, -0.05) is 25.1 Å². The van der Waals surface area contributed by atoms with Crippen LogP contribution in [-0.2, 0) is 18.4 Å². The van der Waals surface area contributed by atoms with Crippen LogP contribution in [0.3, 0.4) is 0 Å². The molecule has 8 nitrogen and oxygen atoms in total. The third-order valence-electron chi connectivity index (χ3n) is 6.22. The summed E-state index contributed by atoms with van der Waals surface area (Å²) in [4.78, 5) is 26.4. The fourth-order valence-electron chi connectivity index (χ4n) is 4.27. The second-order valence-corrected chi connectivity index (χ2v) is 9.42. The second-order valence-electron chi connectivity index (χ2n) is 8.70. The minimum absolute atomic E-state index is 0.235. The Morgan fingerprint density at radius 3 is 2.72 bits per heavy atom. The van der Waals surface area contributed by atoms with Crippen LogP contribution >= 0.6 is 11.3 Å². The predicted molar refractivity (Wildman–Crippen MR) is 140 cm³/mol. The van der Waals surface area contributed by atoms with Crippen LogP contribution in [0.15, 0.2) is 65.7 Å². The van der Waals surface area contributed by atoms with Crippen molar-refractivity contribution in [2.45, 2.75) is 32.5 Å². The number of aryl methyl sites for hydroxylation is 1. The molecule has 0 aliphatic rings. The average molecular weight is 499 g/mol. The topological polar surface area (TPSA) is 109 Å². The van der Waals surface area contributed by atoms with E-state index in [0.29, 0.717) is 17.9 Å². The Kier molecular flexibility index (Phi) is 6.58. The van der Waals surface area contributed by atoms with Crippen molar-refractivity contribution < 1.29 is 9.53 Å².